The third-order valence-electron chi connectivity index (χ3n) is 4.34. The number of fused-ring (bicyclic) bond motifs is 1. The topological polar surface area (TPSA) is 48.1 Å². The van der Waals surface area contributed by atoms with E-state index in [1.165, 1.54) is 37.0 Å². The molecule has 2 heterocycles. The molecule has 1 aliphatic rings. The lowest BCUT2D eigenvalue weighted by molar-refractivity contribution is -0.105. The fraction of sp³-hybridized carbons (Fsp3) is 0.438. The van der Waals surface area contributed by atoms with Gasteiger partial charge in [-0.15, -0.1) is 0 Å². The summed E-state index contributed by atoms with van der Waals surface area (Å²) in [6.07, 6.45) is 3.16. The van der Waals surface area contributed by atoms with Gasteiger partial charge < -0.3 is 15.2 Å². The molecule has 1 aromatic heterocycles. The highest BCUT2D eigenvalue weighted by Crippen LogP contribution is 2.30. The average molecular weight is 271 g/mol. The van der Waals surface area contributed by atoms with E-state index < -0.39 is 0 Å². The van der Waals surface area contributed by atoms with Crippen LogP contribution in [0.4, 0.5) is 5.69 Å². The summed E-state index contributed by atoms with van der Waals surface area (Å²) in [7, 11) is 0. The summed E-state index contributed by atoms with van der Waals surface area (Å²) < 4.78 is 0. The highest BCUT2D eigenvalue weighted by molar-refractivity contribution is 5.86. The van der Waals surface area contributed by atoms with E-state index >= 15 is 0 Å². The number of nitrogens with one attached hydrogen (secondary N) is 2. The first kappa shape index (κ1) is 13.2. The number of nitrogens with zero attached hydrogens (tertiary/aromatic N) is 1. The fourth-order valence-corrected chi connectivity index (χ4v) is 3.09. The number of benzene rings is 1. The predicted octanol–water partition coefficient (Wildman–Crippen LogP) is 2.94. The Hall–Kier alpha value is -1.81. The molecule has 106 valence electrons. The van der Waals surface area contributed by atoms with Crippen LogP contribution in [-0.2, 0) is 4.79 Å². The predicted molar refractivity (Wildman–Crippen MR) is 82.1 cm³/mol. The summed E-state index contributed by atoms with van der Waals surface area (Å²) in [5.41, 5.74) is 3.33. The van der Waals surface area contributed by atoms with Crippen LogP contribution >= 0.6 is 0 Å². The van der Waals surface area contributed by atoms with Gasteiger partial charge in [0.25, 0.3) is 0 Å². The van der Waals surface area contributed by atoms with Gasteiger partial charge in [-0.25, -0.2) is 0 Å². The van der Waals surface area contributed by atoms with Crippen molar-refractivity contribution in [2.24, 2.45) is 0 Å². The zero-order chi connectivity index (χ0) is 13.9. The molecule has 4 heteroatoms. The number of carbonyl (C=O) groups is 1. The Labute approximate surface area is 119 Å². The number of likely N-dealkylation sites (tertiary alicyclic amines) is 1. The molecule has 1 saturated heterocycles. The Kier molecular flexibility index (Phi) is 3.74. The zero-order valence-corrected chi connectivity index (χ0v) is 11.9. The van der Waals surface area contributed by atoms with Crippen molar-refractivity contribution in [3.63, 3.8) is 0 Å². The normalized spacial score (nSPS) is 17.4. The van der Waals surface area contributed by atoms with Gasteiger partial charge in [-0.3, -0.25) is 4.79 Å². The first-order valence-corrected chi connectivity index (χ1v) is 7.35. The van der Waals surface area contributed by atoms with Gasteiger partial charge in [-0.2, -0.15) is 0 Å². The van der Waals surface area contributed by atoms with E-state index in [4.69, 9.17) is 0 Å². The van der Waals surface area contributed by atoms with E-state index in [9.17, 15) is 4.79 Å². The van der Waals surface area contributed by atoms with Gasteiger partial charge in [0.05, 0.1) is 0 Å². The first-order valence-electron chi connectivity index (χ1n) is 7.35. The molecule has 0 unspecified atom stereocenters. The molecule has 1 aliphatic heterocycles. The summed E-state index contributed by atoms with van der Waals surface area (Å²) in [6.45, 7) is 5.76. The van der Waals surface area contributed by atoms with Crippen LogP contribution in [0.25, 0.3) is 10.9 Å². The molecule has 1 aromatic carbocycles. The molecule has 0 aliphatic carbocycles. The van der Waals surface area contributed by atoms with Crippen molar-refractivity contribution >= 4 is 23.0 Å². The highest BCUT2D eigenvalue weighted by Gasteiger charge is 2.20. The molecular weight excluding hydrogens is 250 g/mol. The van der Waals surface area contributed by atoms with Crippen LogP contribution in [0.3, 0.4) is 0 Å². The van der Waals surface area contributed by atoms with E-state index in [-0.39, 0.29) is 0 Å². The second-order valence-electron chi connectivity index (χ2n) is 5.50. The Balaban J connectivity index is 1.80. The number of rotatable bonds is 4. The molecule has 20 heavy (non-hydrogen) atoms. The number of piperidine rings is 1. The number of anilines is 1. The molecule has 1 fully saturated rings. The van der Waals surface area contributed by atoms with Crippen molar-refractivity contribution in [2.75, 3.05) is 25.0 Å². The molecule has 0 bridgehead atoms. The lowest BCUT2D eigenvalue weighted by atomic mass is 9.93. The Morgan fingerprint density at radius 1 is 1.35 bits per heavy atom. The van der Waals surface area contributed by atoms with Gasteiger partial charge in [0.15, 0.2) is 0 Å². The van der Waals surface area contributed by atoms with Crippen LogP contribution < -0.4 is 5.32 Å². The molecule has 0 saturated carbocycles. The SMILES string of the molecule is CCN1CCC(c2cc3cc(NC=O)ccc3[nH]2)CC1. The second kappa shape index (κ2) is 5.67. The van der Waals surface area contributed by atoms with E-state index in [1.807, 2.05) is 18.2 Å². The molecular formula is C16H21N3O. The monoisotopic (exact) mass is 271 g/mol. The minimum absolute atomic E-state index is 0.632. The van der Waals surface area contributed by atoms with E-state index in [0.717, 1.165) is 24.2 Å². The summed E-state index contributed by atoms with van der Waals surface area (Å²) >= 11 is 0. The quantitative estimate of drug-likeness (QED) is 0.840. The molecule has 0 radical (unpaired) electrons. The van der Waals surface area contributed by atoms with Gasteiger partial charge in [-0.1, -0.05) is 6.92 Å². The van der Waals surface area contributed by atoms with Crippen LogP contribution in [0.2, 0.25) is 0 Å². The van der Waals surface area contributed by atoms with Crippen molar-refractivity contribution in [3.8, 4) is 0 Å². The maximum atomic E-state index is 10.5. The van der Waals surface area contributed by atoms with Crippen LogP contribution in [0.5, 0.6) is 0 Å². The van der Waals surface area contributed by atoms with Crippen LogP contribution in [-0.4, -0.2) is 35.9 Å². The lowest BCUT2D eigenvalue weighted by Gasteiger charge is -2.30. The Morgan fingerprint density at radius 3 is 2.85 bits per heavy atom. The summed E-state index contributed by atoms with van der Waals surface area (Å²) in [6, 6.07) is 8.21. The molecule has 4 nitrogen and oxygen atoms in total. The van der Waals surface area contributed by atoms with Crippen LogP contribution in [0.1, 0.15) is 31.4 Å². The minimum Gasteiger partial charge on any atom is -0.358 e. The summed E-state index contributed by atoms with van der Waals surface area (Å²) in [5, 5.41) is 3.87. The maximum absolute atomic E-state index is 10.5. The Bertz CT molecular complexity index is 597. The van der Waals surface area contributed by atoms with Crippen LogP contribution in [0, 0.1) is 0 Å². The number of amides is 1. The Morgan fingerprint density at radius 2 is 2.15 bits per heavy atom. The average Bonchev–Trinajstić information content (AvgIpc) is 2.91. The third kappa shape index (κ3) is 2.56. The van der Waals surface area contributed by atoms with E-state index in [0.29, 0.717) is 5.92 Å². The largest absolute Gasteiger partial charge is 0.358 e. The summed E-state index contributed by atoms with van der Waals surface area (Å²) in [5.74, 6) is 0.632. The van der Waals surface area contributed by atoms with Crippen LogP contribution in [0.15, 0.2) is 24.3 Å². The lowest BCUT2D eigenvalue weighted by Crippen LogP contribution is -2.32. The highest BCUT2D eigenvalue weighted by atomic mass is 16.1. The van der Waals surface area contributed by atoms with Gasteiger partial charge in [0.2, 0.25) is 6.41 Å². The van der Waals surface area contributed by atoms with E-state index in [1.54, 1.807) is 0 Å². The maximum Gasteiger partial charge on any atom is 0.211 e. The standard InChI is InChI=1S/C16H21N3O/c1-2-19-7-5-12(6-8-19)16-10-13-9-14(17-11-20)3-4-15(13)18-16/h3-4,9-12,18H,2,5-8H2,1H3,(H,17,20). The number of carbonyl (C=O) groups excluding carboxylic acids is 1. The molecule has 0 spiro atoms. The zero-order valence-electron chi connectivity index (χ0n) is 11.9. The van der Waals surface area contributed by atoms with Crippen molar-refractivity contribution in [1.82, 2.24) is 9.88 Å². The van der Waals surface area contributed by atoms with Gasteiger partial charge in [0, 0.05) is 28.2 Å². The van der Waals surface area contributed by atoms with Crippen molar-refractivity contribution in [2.45, 2.75) is 25.7 Å². The van der Waals surface area contributed by atoms with Gasteiger partial charge >= 0.3 is 0 Å². The smallest absolute Gasteiger partial charge is 0.211 e. The van der Waals surface area contributed by atoms with Crippen molar-refractivity contribution in [1.29, 1.82) is 0 Å². The van der Waals surface area contributed by atoms with Gasteiger partial charge in [-0.05, 0) is 56.7 Å². The number of H-pyrrole nitrogens is 1. The summed E-state index contributed by atoms with van der Waals surface area (Å²) in [4.78, 5) is 16.5. The van der Waals surface area contributed by atoms with Crippen molar-refractivity contribution < 1.29 is 4.79 Å². The molecule has 2 N–H and O–H groups in total. The van der Waals surface area contributed by atoms with E-state index in [2.05, 4.69) is 28.2 Å². The number of hydrogen-bond donors (Lipinski definition) is 2. The van der Waals surface area contributed by atoms with Gasteiger partial charge in [0.1, 0.15) is 0 Å². The molecule has 0 atom stereocenters. The van der Waals surface area contributed by atoms with Crippen molar-refractivity contribution in [3.05, 3.63) is 30.0 Å². The second-order valence-corrected chi connectivity index (χ2v) is 5.50. The number of aromatic amines is 1. The first-order chi connectivity index (χ1) is 9.80. The number of aromatic nitrogens is 1. The molecule has 2 aromatic rings. The number of hydrogen-bond acceptors (Lipinski definition) is 2. The fourth-order valence-electron chi connectivity index (χ4n) is 3.09. The molecule has 1 amide bonds. The minimum atomic E-state index is 0.632. The molecule has 3 rings (SSSR count). The third-order valence-corrected chi connectivity index (χ3v) is 4.34.